The number of imidazole rings is 1. The van der Waals surface area contributed by atoms with Crippen LogP contribution in [0.5, 0.6) is 5.75 Å². The standard InChI is InChI=1S/C65H102N16O25P2S/c1-47-35-51(36-48(2)61(47)109(99,100)75-53(64(93)94)39-72-62(91)49-11-12-54-50(37-49)38-73-81(54)19-6-14-69-65-70-17-18-71-65)104-30-5-10-55(82)66-15-7-28-101-31-33-103-34-32-102-29-8-16-68-63(92)52(9-3-4-13-67-56(83)40-80(45-105-107(95)96)46-106-108(97)98)74-57(84)41-76-20-22-77(42-58(85)86)24-26-79(44-60(89)90)27-25-78(23-21-76)43-59(87)88/h11-12,17-18,35-38,52-53,75,95-96H,3-10,13-16,19-34,39-46H2,1-2H3,(H11-,66,67,68,69,70,71,72,74,82,83,84,85,86,87,88,89,90,91,92,93,94,97,98)/p+1/t52-,53?/m1/s1. The van der Waals surface area contributed by atoms with Crippen molar-refractivity contribution in [3.05, 3.63) is 65.6 Å². The highest BCUT2D eigenvalue weighted by Crippen LogP contribution is 2.27. The van der Waals surface area contributed by atoms with Crippen molar-refractivity contribution in [1.29, 1.82) is 0 Å². The number of carbonyl (C=O) groups excluding carboxylic acids is 5. The van der Waals surface area contributed by atoms with Gasteiger partial charge in [0.15, 0.2) is 12.7 Å². The molecule has 2 aromatic heterocycles. The lowest BCUT2D eigenvalue weighted by Crippen LogP contribution is -2.52. The molecule has 109 heavy (non-hydrogen) atoms. The normalized spacial score (nSPS) is 14.5. The van der Waals surface area contributed by atoms with Crippen LogP contribution in [0.1, 0.15) is 72.9 Å². The topological polar surface area (TPSA) is 549 Å². The number of carbonyl (C=O) groups is 9. The number of hydrogen-bond donors (Lipinski definition) is 15. The Hall–Kier alpha value is -8.13. The molecule has 0 aliphatic carbocycles. The third-order valence-corrected chi connectivity index (χ3v) is 18.9. The summed E-state index contributed by atoms with van der Waals surface area (Å²) in [5, 5.41) is 60.7. The molecule has 15 N–H and O–H groups in total. The molecule has 4 aromatic rings. The number of sulfonamides is 1. The second-order valence-electron chi connectivity index (χ2n) is 25.2. The monoisotopic (exact) mass is 1600 g/mol. The van der Waals surface area contributed by atoms with Crippen LogP contribution < -0.4 is 41.4 Å². The van der Waals surface area contributed by atoms with Gasteiger partial charge in [0.05, 0.1) is 82.4 Å². The molecule has 1 aliphatic heterocycles. The molecule has 5 amide bonds. The number of aliphatic carboxylic acids is 4. The highest BCUT2D eigenvalue weighted by Gasteiger charge is 2.30. The molecule has 44 heteroatoms. The van der Waals surface area contributed by atoms with Gasteiger partial charge in [0.2, 0.25) is 33.7 Å². The van der Waals surface area contributed by atoms with E-state index < -0.39 is 113 Å². The second kappa shape index (κ2) is 50.6. The number of carboxylic acids is 4. The van der Waals surface area contributed by atoms with Gasteiger partial charge in [-0.25, -0.2) is 18.3 Å². The van der Waals surface area contributed by atoms with Crippen LogP contribution in [0.3, 0.4) is 0 Å². The molecule has 1 saturated heterocycles. The maximum Gasteiger partial charge on any atom is 0.696 e. The third kappa shape index (κ3) is 37.9. The number of nitrogens with one attached hydrogen (secondary N) is 8. The maximum absolute atomic E-state index is 13.8. The highest BCUT2D eigenvalue weighted by atomic mass is 32.2. The van der Waals surface area contributed by atoms with Crippen molar-refractivity contribution in [3.8, 4) is 5.75 Å². The fourth-order valence-corrected chi connectivity index (χ4v) is 13.3. The number of unbranched alkanes of at least 4 members (excludes halogenated alkanes) is 1. The molecule has 0 radical (unpaired) electrons. The van der Waals surface area contributed by atoms with Gasteiger partial charge in [-0.1, -0.05) is 0 Å². The van der Waals surface area contributed by atoms with Crippen molar-refractivity contribution in [3.63, 3.8) is 0 Å². The molecule has 608 valence electrons. The summed E-state index contributed by atoms with van der Waals surface area (Å²) < 4.78 is 74.4. The summed E-state index contributed by atoms with van der Waals surface area (Å²) in [5.41, 5.74) is 1.58. The summed E-state index contributed by atoms with van der Waals surface area (Å²) in [6, 6.07) is 5.15. The Kier molecular flexibility index (Phi) is 42.5. The summed E-state index contributed by atoms with van der Waals surface area (Å²) in [4.78, 5) is 155. The van der Waals surface area contributed by atoms with Crippen molar-refractivity contribution in [2.45, 2.75) is 88.7 Å². The largest absolute Gasteiger partial charge is 0.696 e. The quantitative estimate of drug-likeness (QED) is 0.0138. The average Bonchev–Trinajstić information content (AvgIpc) is 1.11. The van der Waals surface area contributed by atoms with Crippen LogP contribution in [-0.2, 0) is 82.7 Å². The summed E-state index contributed by atoms with van der Waals surface area (Å²) in [5.74, 6) is -6.30. The number of amides is 5. The Labute approximate surface area is 632 Å². The summed E-state index contributed by atoms with van der Waals surface area (Å²) >= 11 is 0. The van der Waals surface area contributed by atoms with Gasteiger partial charge in [0.1, 0.15) is 24.6 Å². The van der Waals surface area contributed by atoms with Crippen LogP contribution in [-0.4, -0.2) is 331 Å². The smallest absolute Gasteiger partial charge is 0.494 e. The molecule has 3 heterocycles. The van der Waals surface area contributed by atoms with Crippen molar-refractivity contribution < 1.29 is 119 Å². The van der Waals surface area contributed by atoms with Crippen LogP contribution in [0.4, 0.5) is 5.95 Å². The number of carboxylic acid groups (broad SMARTS) is 4. The molecular weight excluding hydrogens is 1500 g/mol. The van der Waals surface area contributed by atoms with Crippen LogP contribution in [0, 0.1) is 13.8 Å². The Morgan fingerprint density at radius 2 is 1.22 bits per heavy atom. The molecule has 5 rings (SSSR count). The number of fused-ring (bicyclic) bond motifs is 1. The Morgan fingerprint density at radius 1 is 0.651 bits per heavy atom. The van der Waals surface area contributed by atoms with Gasteiger partial charge in [-0.15, -0.1) is 9.42 Å². The average molecular weight is 1600 g/mol. The molecule has 2 unspecified atom stereocenters. The molecule has 0 spiro atoms. The number of hydrogen-bond acceptors (Lipinski definition) is 28. The van der Waals surface area contributed by atoms with E-state index in [0.717, 1.165) is 16.8 Å². The lowest BCUT2D eigenvalue weighted by Gasteiger charge is -2.33. The first kappa shape index (κ1) is 91.5. The van der Waals surface area contributed by atoms with E-state index in [1.165, 1.54) is 26.0 Å². The fraction of sp³-hybridized carbons (Fsp3) is 0.615. The summed E-state index contributed by atoms with van der Waals surface area (Å²) in [7, 11) is -10.3. The van der Waals surface area contributed by atoms with E-state index in [1.54, 1.807) is 61.1 Å². The molecule has 0 bridgehead atoms. The van der Waals surface area contributed by atoms with Gasteiger partial charge in [0, 0.05) is 139 Å². The lowest BCUT2D eigenvalue weighted by molar-refractivity contribution is -0.140. The first-order chi connectivity index (χ1) is 52.1. The van der Waals surface area contributed by atoms with E-state index in [0.29, 0.717) is 75.4 Å². The summed E-state index contributed by atoms with van der Waals surface area (Å²) in [6.07, 6.45) is 7.87. The number of H-pyrrole nitrogens is 1. The maximum atomic E-state index is 13.8. The predicted molar refractivity (Wildman–Crippen MR) is 391 cm³/mol. The van der Waals surface area contributed by atoms with Gasteiger partial charge in [-0.05, 0) is 100 Å². The Balaban J connectivity index is 0.961. The Bertz CT molecular complexity index is 3590. The van der Waals surface area contributed by atoms with E-state index in [2.05, 4.69) is 56.2 Å². The van der Waals surface area contributed by atoms with Crippen molar-refractivity contribution >= 4 is 97.1 Å². The highest BCUT2D eigenvalue weighted by molar-refractivity contribution is 7.89. The number of ether oxygens (including phenoxy) is 4. The zero-order valence-corrected chi connectivity index (χ0v) is 63.7. The molecular formula is C65H103N16O25P2S+. The summed E-state index contributed by atoms with van der Waals surface area (Å²) in [6.45, 7) is 4.63. The number of benzene rings is 2. The third-order valence-electron chi connectivity index (χ3n) is 16.5. The molecule has 41 nitrogen and oxygen atoms in total. The molecule has 2 aromatic carbocycles. The number of aromatic amines is 1. The van der Waals surface area contributed by atoms with Crippen LogP contribution >= 0.6 is 16.9 Å². The van der Waals surface area contributed by atoms with E-state index in [-0.39, 0.29) is 172 Å². The lowest BCUT2D eigenvalue weighted by atomic mass is 10.1. The van der Waals surface area contributed by atoms with Gasteiger partial charge >= 0.3 is 40.7 Å². The predicted octanol–water partition coefficient (Wildman–Crippen LogP) is -1.38. The molecule has 0 saturated carbocycles. The Morgan fingerprint density at radius 3 is 1.78 bits per heavy atom. The minimum atomic E-state index is -4.42. The van der Waals surface area contributed by atoms with Crippen molar-refractivity contribution in [2.75, 3.05) is 183 Å². The zero-order chi connectivity index (χ0) is 79.5. The second-order valence-corrected chi connectivity index (χ2v) is 28.3. The van der Waals surface area contributed by atoms with Crippen molar-refractivity contribution in [1.82, 2.24) is 75.6 Å². The van der Waals surface area contributed by atoms with Crippen LogP contribution in [0.25, 0.3) is 10.9 Å². The van der Waals surface area contributed by atoms with Crippen LogP contribution in [0.2, 0.25) is 0 Å². The van der Waals surface area contributed by atoms with E-state index in [4.69, 9.17) is 38.2 Å². The van der Waals surface area contributed by atoms with Gasteiger partial charge in [-0.3, -0.25) is 72.0 Å². The molecule has 1 aliphatic rings. The number of rotatable bonds is 54. The van der Waals surface area contributed by atoms with Gasteiger partial charge < -0.3 is 86.0 Å². The number of nitrogens with zero attached hydrogens (tertiary/aromatic N) is 8. The van der Waals surface area contributed by atoms with Crippen molar-refractivity contribution in [2.24, 2.45) is 0 Å². The minimum Gasteiger partial charge on any atom is -0.494 e. The first-order valence-electron chi connectivity index (χ1n) is 35.3. The van der Waals surface area contributed by atoms with E-state index in [9.17, 15) is 76.6 Å². The van der Waals surface area contributed by atoms with E-state index >= 15 is 0 Å². The fourth-order valence-electron chi connectivity index (χ4n) is 11.2. The number of aromatic nitrogens is 4. The molecule has 3 atom stereocenters. The van der Waals surface area contributed by atoms with Gasteiger partial charge in [-0.2, -0.15) is 9.82 Å². The molecule has 1 fully saturated rings. The number of anilines is 1. The zero-order valence-electron chi connectivity index (χ0n) is 61.1. The first-order valence-corrected chi connectivity index (χ1v) is 39.1. The van der Waals surface area contributed by atoms with Crippen LogP contribution in [0.15, 0.2) is 53.8 Å². The SMILES string of the molecule is Cc1cc(OCCCC(=O)NCCCOCCOCCOCCCNC(=O)[C@@H](CCCCNC(=O)CN(COP(O)O)CO[P+](=O)O)NC(=O)CN2CCN(CC(=O)O)CCN(CC(=O)O)CCN(CC(=O)O)CC2)cc(C)c1S(=O)(=O)NC(CNC(=O)c1ccc2c(cnn2CCCNc2ncc[nH]2)c1)C(=O)O. The number of aryl methyl sites for hydroxylation is 3. The van der Waals surface area contributed by atoms with Gasteiger partial charge in [0.25, 0.3) is 5.91 Å². The van der Waals surface area contributed by atoms with E-state index in [1.807, 2.05) is 0 Å². The minimum absolute atomic E-state index is 0.0977.